The lowest BCUT2D eigenvalue weighted by molar-refractivity contribution is -0.135. The quantitative estimate of drug-likeness (QED) is 0.382. The van der Waals surface area contributed by atoms with Crippen LogP contribution in [0.5, 0.6) is 5.75 Å². The molecule has 0 spiro atoms. The fourth-order valence-corrected chi connectivity index (χ4v) is 5.64. The number of benzene rings is 2. The third kappa shape index (κ3) is 4.04. The van der Waals surface area contributed by atoms with Gasteiger partial charge in [0.15, 0.2) is 0 Å². The number of aliphatic carboxylic acids is 1. The van der Waals surface area contributed by atoms with Gasteiger partial charge in [-0.2, -0.15) is 11.8 Å². The second-order valence-corrected chi connectivity index (χ2v) is 9.11. The summed E-state index contributed by atoms with van der Waals surface area (Å²) in [6.45, 7) is -0.666. The first-order chi connectivity index (χ1) is 17.0. The molecule has 2 aromatic carbocycles. The molecule has 0 bridgehead atoms. The molecule has 1 aliphatic heterocycles. The Morgan fingerprint density at radius 1 is 1.06 bits per heavy atom. The predicted octanol–water partition coefficient (Wildman–Crippen LogP) is 3.30. The number of carboxylic acids is 1. The van der Waals surface area contributed by atoms with Crippen LogP contribution >= 0.6 is 11.8 Å². The second-order valence-electron chi connectivity index (χ2n) is 8.12. The van der Waals surface area contributed by atoms with Crippen molar-refractivity contribution in [2.45, 2.75) is 17.5 Å². The first-order valence-electron chi connectivity index (χ1n) is 10.9. The molecule has 0 fully saturated rings. The Morgan fingerprint density at radius 2 is 1.86 bits per heavy atom. The molecule has 3 N–H and O–H groups in total. The fourth-order valence-electron chi connectivity index (χ4n) is 4.53. The van der Waals surface area contributed by atoms with Gasteiger partial charge in [-0.05, 0) is 23.3 Å². The number of carboxylic acid groups (broad SMARTS) is 1. The molecular formula is C26H21N3O5S. The molecule has 8 nitrogen and oxygen atoms in total. The van der Waals surface area contributed by atoms with Gasteiger partial charge >= 0.3 is 5.97 Å². The van der Waals surface area contributed by atoms with E-state index in [1.165, 1.54) is 11.8 Å². The number of carbonyl (C=O) groups is 2. The van der Waals surface area contributed by atoms with E-state index in [0.717, 1.165) is 22.0 Å². The molecule has 2 aromatic heterocycles. The lowest BCUT2D eigenvalue weighted by Gasteiger charge is -2.26. The van der Waals surface area contributed by atoms with Gasteiger partial charge < -0.3 is 15.5 Å². The summed E-state index contributed by atoms with van der Waals surface area (Å²) in [6.07, 6.45) is 1.70. The van der Waals surface area contributed by atoms with Crippen molar-refractivity contribution in [3.63, 3.8) is 0 Å². The van der Waals surface area contributed by atoms with Crippen LogP contribution in [0.2, 0.25) is 0 Å². The van der Waals surface area contributed by atoms with Crippen LogP contribution in [0.15, 0.2) is 71.7 Å². The highest BCUT2D eigenvalue weighted by atomic mass is 32.2. The van der Waals surface area contributed by atoms with Crippen molar-refractivity contribution in [1.82, 2.24) is 14.9 Å². The van der Waals surface area contributed by atoms with Crippen molar-refractivity contribution in [3.05, 3.63) is 105 Å². The molecule has 176 valence electrons. The smallest absolute Gasteiger partial charge is 0.322 e. The van der Waals surface area contributed by atoms with E-state index >= 15 is 0 Å². The molecule has 1 amide bonds. The standard InChI is InChI=1S/C26H21N3O5S/c30-21(31)12-28-25(33)22-24(32)18-13-35-14-20(18)29(26(22)34)23(15-6-2-1-3-7-15)17-8-4-10-19-16(17)9-5-11-27-19/h1-11,23,32H,12-14H2,(H,28,33)(H,30,31). The van der Waals surface area contributed by atoms with Crippen molar-refractivity contribution in [1.29, 1.82) is 0 Å². The maximum atomic E-state index is 13.9. The second kappa shape index (κ2) is 9.27. The zero-order valence-corrected chi connectivity index (χ0v) is 19.3. The minimum atomic E-state index is -1.25. The van der Waals surface area contributed by atoms with E-state index in [9.17, 15) is 19.5 Å². The largest absolute Gasteiger partial charge is 0.507 e. The van der Waals surface area contributed by atoms with Crippen LogP contribution in [-0.2, 0) is 16.3 Å². The summed E-state index contributed by atoms with van der Waals surface area (Å²) in [5, 5.41) is 23.0. The normalized spacial score (nSPS) is 13.4. The predicted molar refractivity (Wildman–Crippen MR) is 133 cm³/mol. The number of thioether (sulfide) groups is 1. The molecule has 1 unspecified atom stereocenters. The van der Waals surface area contributed by atoms with E-state index in [2.05, 4.69) is 10.3 Å². The van der Waals surface area contributed by atoms with Gasteiger partial charge in [0.05, 0.1) is 11.6 Å². The topological polar surface area (TPSA) is 122 Å². The summed E-state index contributed by atoms with van der Waals surface area (Å²) in [7, 11) is 0. The molecule has 0 saturated heterocycles. The van der Waals surface area contributed by atoms with Crippen LogP contribution in [0.1, 0.15) is 38.8 Å². The molecule has 1 atom stereocenters. The number of fused-ring (bicyclic) bond motifs is 2. The summed E-state index contributed by atoms with van der Waals surface area (Å²) < 4.78 is 1.57. The first kappa shape index (κ1) is 22.7. The Hall–Kier alpha value is -4.11. The number of carbonyl (C=O) groups excluding carboxylic acids is 1. The summed E-state index contributed by atoms with van der Waals surface area (Å²) in [6, 6.07) is 18.3. The Bertz CT molecular complexity index is 1510. The van der Waals surface area contributed by atoms with Crippen molar-refractivity contribution in [2.24, 2.45) is 0 Å². The monoisotopic (exact) mass is 487 g/mol. The average molecular weight is 488 g/mol. The number of pyridine rings is 2. The minimum Gasteiger partial charge on any atom is -0.507 e. The lowest BCUT2D eigenvalue weighted by Crippen LogP contribution is -2.38. The SMILES string of the molecule is O=C(O)CNC(=O)c1c(O)c2c(n(C(c3ccccc3)c3cccc4ncccc34)c1=O)CSC2. The van der Waals surface area contributed by atoms with Gasteiger partial charge in [-0.15, -0.1) is 0 Å². The molecule has 35 heavy (non-hydrogen) atoms. The van der Waals surface area contributed by atoms with E-state index in [1.54, 1.807) is 10.8 Å². The van der Waals surface area contributed by atoms with Crippen molar-refractivity contribution in [3.8, 4) is 5.75 Å². The number of rotatable bonds is 6. The van der Waals surface area contributed by atoms with Crippen LogP contribution in [-0.4, -0.2) is 38.2 Å². The molecular weight excluding hydrogens is 466 g/mol. The van der Waals surface area contributed by atoms with Gasteiger partial charge in [-0.25, -0.2) is 0 Å². The van der Waals surface area contributed by atoms with Crippen LogP contribution < -0.4 is 10.9 Å². The van der Waals surface area contributed by atoms with Crippen LogP contribution in [0.4, 0.5) is 0 Å². The van der Waals surface area contributed by atoms with E-state index in [1.807, 2.05) is 60.7 Å². The van der Waals surface area contributed by atoms with Gasteiger partial charge in [0, 0.05) is 34.3 Å². The van der Waals surface area contributed by atoms with Crippen LogP contribution in [0.25, 0.3) is 10.9 Å². The van der Waals surface area contributed by atoms with Gasteiger partial charge in [0.1, 0.15) is 17.9 Å². The third-order valence-electron chi connectivity index (χ3n) is 6.05. The highest BCUT2D eigenvalue weighted by Crippen LogP contribution is 2.40. The van der Waals surface area contributed by atoms with Crippen molar-refractivity contribution in [2.75, 3.05) is 6.54 Å². The average Bonchev–Trinajstić information content (AvgIpc) is 3.36. The molecule has 5 rings (SSSR count). The lowest BCUT2D eigenvalue weighted by atomic mass is 9.93. The summed E-state index contributed by atoms with van der Waals surface area (Å²) in [4.78, 5) is 42.3. The van der Waals surface area contributed by atoms with Gasteiger partial charge in [0.25, 0.3) is 11.5 Å². The first-order valence-corrected chi connectivity index (χ1v) is 12.1. The van der Waals surface area contributed by atoms with Crippen LogP contribution in [0.3, 0.4) is 0 Å². The Morgan fingerprint density at radius 3 is 2.63 bits per heavy atom. The molecule has 0 radical (unpaired) electrons. The number of hydrogen-bond donors (Lipinski definition) is 3. The molecule has 9 heteroatoms. The van der Waals surface area contributed by atoms with E-state index in [4.69, 9.17) is 5.11 Å². The van der Waals surface area contributed by atoms with E-state index in [0.29, 0.717) is 22.8 Å². The third-order valence-corrected chi connectivity index (χ3v) is 7.02. The summed E-state index contributed by atoms with van der Waals surface area (Å²) in [5.74, 6) is -1.64. The zero-order valence-electron chi connectivity index (χ0n) is 18.5. The number of nitrogens with zero attached hydrogens (tertiary/aromatic N) is 2. The summed E-state index contributed by atoms with van der Waals surface area (Å²) >= 11 is 1.53. The molecule has 0 saturated carbocycles. The van der Waals surface area contributed by atoms with Crippen molar-refractivity contribution >= 4 is 34.5 Å². The molecule has 0 aliphatic carbocycles. The Kier molecular flexibility index (Phi) is 6.00. The number of amides is 1. The van der Waals surface area contributed by atoms with Gasteiger partial charge in [-0.3, -0.25) is 23.9 Å². The highest BCUT2D eigenvalue weighted by molar-refractivity contribution is 7.98. The number of hydrogen-bond acceptors (Lipinski definition) is 6. The number of aromatic nitrogens is 2. The Labute approximate surface area is 204 Å². The molecule has 1 aliphatic rings. The van der Waals surface area contributed by atoms with Gasteiger partial charge in [0.2, 0.25) is 0 Å². The van der Waals surface area contributed by atoms with Crippen molar-refractivity contribution < 1.29 is 19.8 Å². The van der Waals surface area contributed by atoms with E-state index in [-0.39, 0.29) is 5.75 Å². The maximum Gasteiger partial charge on any atom is 0.322 e. The Balaban J connectivity index is 1.82. The van der Waals surface area contributed by atoms with Gasteiger partial charge in [-0.1, -0.05) is 48.5 Å². The number of aromatic hydroxyl groups is 1. The maximum absolute atomic E-state index is 13.9. The molecule has 4 aromatic rings. The minimum absolute atomic E-state index is 0.388. The fraction of sp³-hybridized carbons (Fsp3) is 0.154. The zero-order chi connectivity index (χ0) is 24.5. The molecule has 3 heterocycles. The highest BCUT2D eigenvalue weighted by Gasteiger charge is 2.33. The van der Waals surface area contributed by atoms with Crippen LogP contribution in [0, 0.1) is 0 Å². The number of nitrogens with one attached hydrogen (secondary N) is 1. The van der Waals surface area contributed by atoms with E-state index < -0.39 is 35.6 Å². The summed E-state index contributed by atoms with van der Waals surface area (Å²) in [5.41, 5.74) is 2.44.